The van der Waals surface area contributed by atoms with Crippen LogP contribution in [-0.2, 0) is 17.6 Å². The molecule has 104 valence electrons. The Morgan fingerprint density at radius 2 is 2.40 bits per heavy atom. The number of nitrogens with one attached hydrogen (secondary N) is 2. The van der Waals surface area contributed by atoms with Crippen molar-refractivity contribution in [1.82, 2.24) is 15.5 Å². The molecule has 1 atom stereocenters. The molecule has 1 aliphatic carbocycles. The van der Waals surface area contributed by atoms with Crippen LogP contribution in [0.25, 0.3) is 0 Å². The highest BCUT2D eigenvalue weighted by Crippen LogP contribution is 2.27. The predicted molar refractivity (Wildman–Crippen MR) is 72.5 cm³/mol. The standard InChI is InChI=1S/C15H16FN3O/c16-12-5-1-3-10(7-12)8-14(20)18-13-6-2-4-11-9-17-19-15(11)13/h1,3,5,7,9,13H,2,4,6,8H2,(H,17,19)(H,18,20). The molecule has 0 saturated heterocycles. The number of hydrogen-bond acceptors (Lipinski definition) is 2. The Hall–Kier alpha value is -2.17. The average molecular weight is 273 g/mol. The minimum absolute atomic E-state index is 0.0118. The molecule has 0 radical (unpaired) electrons. The second-order valence-electron chi connectivity index (χ2n) is 5.13. The molecule has 1 unspecified atom stereocenters. The van der Waals surface area contributed by atoms with E-state index in [2.05, 4.69) is 15.5 Å². The fraction of sp³-hybridized carbons (Fsp3) is 0.333. The lowest BCUT2D eigenvalue weighted by molar-refractivity contribution is -0.121. The zero-order valence-corrected chi connectivity index (χ0v) is 11.0. The Balaban J connectivity index is 1.66. The van der Waals surface area contributed by atoms with Crippen molar-refractivity contribution in [3.05, 3.63) is 53.1 Å². The van der Waals surface area contributed by atoms with E-state index in [0.717, 1.165) is 25.0 Å². The predicted octanol–water partition coefficient (Wildman–Crippen LogP) is 2.29. The lowest BCUT2D eigenvalue weighted by Crippen LogP contribution is -2.32. The van der Waals surface area contributed by atoms with Crippen LogP contribution in [0.1, 0.15) is 35.7 Å². The number of aromatic amines is 1. The summed E-state index contributed by atoms with van der Waals surface area (Å²) in [5, 5.41) is 9.99. The van der Waals surface area contributed by atoms with Crippen molar-refractivity contribution in [2.45, 2.75) is 31.7 Å². The van der Waals surface area contributed by atoms with Gasteiger partial charge in [-0.1, -0.05) is 12.1 Å². The van der Waals surface area contributed by atoms with Crippen LogP contribution in [0.2, 0.25) is 0 Å². The number of fused-ring (bicyclic) bond motifs is 1. The maximum absolute atomic E-state index is 13.1. The van der Waals surface area contributed by atoms with Gasteiger partial charge in [0.1, 0.15) is 5.82 Å². The number of carbonyl (C=O) groups is 1. The number of H-pyrrole nitrogens is 1. The van der Waals surface area contributed by atoms with E-state index >= 15 is 0 Å². The van der Waals surface area contributed by atoms with Crippen LogP contribution in [0.4, 0.5) is 4.39 Å². The van der Waals surface area contributed by atoms with Gasteiger partial charge in [0.15, 0.2) is 0 Å². The molecular weight excluding hydrogens is 257 g/mol. The van der Waals surface area contributed by atoms with Crippen LogP contribution in [0.15, 0.2) is 30.5 Å². The summed E-state index contributed by atoms with van der Waals surface area (Å²) in [5.74, 6) is -0.410. The second kappa shape index (κ2) is 5.45. The maximum Gasteiger partial charge on any atom is 0.224 e. The number of hydrogen-bond donors (Lipinski definition) is 2. The number of rotatable bonds is 3. The SMILES string of the molecule is O=C(Cc1cccc(F)c1)NC1CCCc2cn[nH]c21. The van der Waals surface area contributed by atoms with Crippen LogP contribution in [0.3, 0.4) is 0 Å². The first-order valence-electron chi connectivity index (χ1n) is 6.78. The smallest absolute Gasteiger partial charge is 0.224 e. The normalized spacial score (nSPS) is 17.6. The molecule has 0 bridgehead atoms. The van der Waals surface area contributed by atoms with Crippen LogP contribution >= 0.6 is 0 Å². The van der Waals surface area contributed by atoms with Crippen molar-refractivity contribution in [2.75, 3.05) is 0 Å². The van der Waals surface area contributed by atoms with E-state index in [9.17, 15) is 9.18 Å². The van der Waals surface area contributed by atoms with E-state index in [4.69, 9.17) is 0 Å². The first-order chi connectivity index (χ1) is 9.72. The molecule has 0 spiro atoms. The third-order valence-corrected chi connectivity index (χ3v) is 3.63. The first kappa shape index (κ1) is 12.8. The molecule has 1 aliphatic rings. The van der Waals surface area contributed by atoms with Gasteiger partial charge in [-0.3, -0.25) is 9.89 Å². The summed E-state index contributed by atoms with van der Waals surface area (Å²) in [7, 11) is 0. The molecule has 4 nitrogen and oxygen atoms in total. The summed E-state index contributed by atoms with van der Waals surface area (Å²) in [4.78, 5) is 12.1. The number of amides is 1. The molecule has 1 amide bonds. The molecule has 1 aromatic heterocycles. The number of aromatic nitrogens is 2. The molecule has 1 heterocycles. The number of aryl methyl sites for hydroxylation is 1. The molecule has 0 saturated carbocycles. The van der Waals surface area contributed by atoms with Crippen molar-refractivity contribution < 1.29 is 9.18 Å². The molecule has 0 aliphatic heterocycles. The highest BCUT2D eigenvalue weighted by molar-refractivity contribution is 5.79. The zero-order valence-electron chi connectivity index (χ0n) is 11.0. The van der Waals surface area contributed by atoms with E-state index in [0.29, 0.717) is 5.56 Å². The van der Waals surface area contributed by atoms with Crippen LogP contribution in [0, 0.1) is 5.82 Å². The van der Waals surface area contributed by atoms with Gasteiger partial charge in [-0.25, -0.2) is 4.39 Å². The largest absolute Gasteiger partial charge is 0.347 e. The van der Waals surface area contributed by atoms with E-state index in [1.807, 2.05) is 6.20 Å². The number of nitrogens with zero attached hydrogens (tertiary/aromatic N) is 1. The number of carbonyl (C=O) groups excluding carboxylic acids is 1. The molecule has 2 aromatic rings. The minimum Gasteiger partial charge on any atom is -0.347 e. The van der Waals surface area contributed by atoms with E-state index in [1.54, 1.807) is 12.1 Å². The van der Waals surface area contributed by atoms with Gasteiger partial charge in [0, 0.05) is 0 Å². The van der Waals surface area contributed by atoms with Gasteiger partial charge in [-0.05, 0) is 42.5 Å². The second-order valence-corrected chi connectivity index (χ2v) is 5.13. The summed E-state index contributed by atoms with van der Waals surface area (Å²) in [6.45, 7) is 0. The third kappa shape index (κ3) is 2.71. The molecule has 2 N–H and O–H groups in total. The lowest BCUT2D eigenvalue weighted by atomic mass is 9.93. The summed E-state index contributed by atoms with van der Waals surface area (Å²) in [5.41, 5.74) is 2.86. The van der Waals surface area contributed by atoms with Crippen LogP contribution < -0.4 is 5.32 Å². The number of benzene rings is 1. The van der Waals surface area contributed by atoms with Crippen molar-refractivity contribution in [3.8, 4) is 0 Å². The Labute approximate surface area is 116 Å². The van der Waals surface area contributed by atoms with Gasteiger partial charge in [-0.2, -0.15) is 5.10 Å². The van der Waals surface area contributed by atoms with E-state index in [1.165, 1.54) is 17.7 Å². The third-order valence-electron chi connectivity index (χ3n) is 3.63. The monoisotopic (exact) mass is 273 g/mol. The Bertz CT molecular complexity index is 623. The Morgan fingerprint density at radius 1 is 1.50 bits per heavy atom. The Morgan fingerprint density at radius 3 is 3.25 bits per heavy atom. The van der Waals surface area contributed by atoms with Gasteiger partial charge in [-0.15, -0.1) is 0 Å². The van der Waals surface area contributed by atoms with Crippen LogP contribution in [-0.4, -0.2) is 16.1 Å². The van der Waals surface area contributed by atoms with Gasteiger partial charge in [0.05, 0.1) is 24.4 Å². The fourth-order valence-electron chi connectivity index (χ4n) is 2.69. The molecule has 1 aromatic carbocycles. The quantitative estimate of drug-likeness (QED) is 0.901. The van der Waals surface area contributed by atoms with Gasteiger partial charge < -0.3 is 5.32 Å². The number of halogens is 1. The molecule has 20 heavy (non-hydrogen) atoms. The fourth-order valence-corrected chi connectivity index (χ4v) is 2.69. The van der Waals surface area contributed by atoms with Gasteiger partial charge in [0.25, 0.3) is 0 Å². The van der Waals surface area contributed by atoms with Gasteiger partial charge in [0.2, 0.25) is 5.91 Å². The zero-order chi connectivity index (χ0) is 13.9. The summed E-state index contributed by atoms with van der Waals surface area (Å²) in [6, 6.07) is 6.13. The highest BCUT2D eigenvalue weighted by Gasteiger charge is 2.23. The Kier molecular flexibility index (Phi) is 3.50. The van der Waals surface area contributed by atoms with Crippen LogP contribution in [0.5, 0.6) is 0 Å². The van der Waals surface area contributed by atoms with Crippen molar-refractivity contribution in [3.63, 3.8) is 0 Å². The summed E-state index contributed by atoms with van der Waals surface area (Å²) >= 11 is 0. The summed E-state index contributed by atoms with van der Waals surface area (Å²) in [6.07, 6.45) is 4.96. The summed E-state index contributed by atoms with van der Waals surface area (Å²) < 4.78 is 13.1. The molecule has 3 rings (SSSR count). The molecule has 0 fully saturated rings. The van der Waals surface area contributed by atoms with Crippen molar-refractivity contribution in [1.29, 1.82) is 0 Å². The average Bonchev–Trinajstić information content (AvgIpc) is 2.88. The van der Waals surface area contributed by atoms with E-state index < -0.39 is 0 Å². The first-order valence-corrected chi connectivity index (χ1v) is 6.78. The van der Waals surface area contributed by atoms with Crippen molar-refractivity contribution >= 4 is 5.91 Å². The van der Waals surface area contributed by atoms with Crippen molar-refractivity contribution in [2.24, 2.45) is 0 Å². The molecular formula is C15H16FN3O. The maximum atomic E-state index is 13.1. The minimum atomic E-state index is -0.316. The molecule has 5 heteroatoms. The highest BCUT2D eigenvalue weighted by atomic mass is 19.1. The lowest BCUT2D eigenvalue weighted by Gasteiger charge is -2.22. The van der Waals surface area contributed by atoms with Gasteiger partial charge >= 0.3 is 0 Å². The topological polar surface area (TPSA) is 57.8 Å². The van der Waals surface area contributed by atoms with E-state index in [-0.39, 0.29) is 24.2 Å².